The summed E-state index contributed by atoms with van der Waals surface area (Å²) in [5.74, 6) is -0.870. The van der Waals surface area contributed by atoms with Crippen molar-refractivity contribution < 1.29 is 27.9 Å². The summed E-state index contributed by atoms with van der Waals surface area (Å²) in [6, 6.07) is 10.00. The van der Waals surface area contributed by atoms with Gasteiger partial charge in [0.15, 0.2) is 0 Å². The highest BCUT2D eigenvalue weighted by Gasteiger charge is 2.35. The smallest absolute Gasteiger partial charge is 0.258 e. The maximum atomic E-state index is 13.6. The average molecular weight is 592 g/mol. The van der Waals surface area contributed by atoms with Gasteiger partial charge in [-0.15, -0.1) is 5.10 Å². The minimum Gasteiger partial charge on any atom is -0.488 e. The van der Waals surface area contributed by atoms with E-state index in [1.165, 1.54) is 57.6 Å². The van der Waals surface area contributed by atoms with Crippen LogP contribution in [0, 0.1) is 5.92 Å². The topological polar surface area (TPSA) is 160 Å². The fraction of sp³-hybridized carbons (Fsp3) is 0.400. The lowest BCUT2D eigenvalue weighted by Gasteiger charge is -2.38. The van der Waals surface area contributed by atoms with Crippen LogP contribution in [0.3, 0.4) is 0 Å². The number of aliphatic hydroxyl groups excluding tert-OH is 1. The van der Waals surface area contributed by atoms with Crippen molar-refractivity contribution in [3.8, 4) is 5.75 Å². The zero-order valence-electron chi connectivity index (χ0n) is 22.1. The number of halogens is 1. The van der Waals surface area contributed by atoms with E-state index in [9.17, 15) is 23.1 Å². The molecule has 2 heterocycles. The van der Waals surface area contributed by atoms with E-state index in [1.807, 2.05) is 6.92 Å². The molecule has 40 heavy (non-hydrogen) atoms. The predicted octanol–water partition coefficient (Wildman–Crippen LogP) is 1.51. The Morgan fingerprint density at radius 1 is 1.27 bits per heavy atom. The molecule has 13 nitrogen and oxygen atoms in total. The number of rotatable bonds is 9. The molecule has 15 heteroatoms. The first-order valence-corrected chi connectivity index (χ1v) is 14.3. The molecule has 3 atom stereocenters. The number of fused-ring (bicyclic) bond motifs is 1. The first-order chi connectivity index (χ1) is 19.0. The molecular formula is C25H30ClN7O6S. The maximum absolute atomic E-state index is 13.6. The second kappa shape index (κ2) is 12.3. The number of benzene rings is 2. The molecule has 4 rings (SSSR count). The number of carbonyl (C=O) groups excluding carboxylic acids is 2. The van der Waals surface area contributed by atoms with Crippen LogP contribution in [0.15, 0.2) is 53.7 Å². The van der Waals surface area contributed by atoms with Crippen LogP contribution >= 0.6 is 11.6 Å². The Morgan fingerprint density at radius 2 is 2.00 bits per heavy atom. The van der Waals surface area contributed by atoms with Crippen molar-refractivity contribution in [2.45, 2.75) is 37.4 Å². The van der Waals surface area contributed by atoms with Gasteiger partial charge in [0.25, 0.3) is 5.91 Å². The summed E-state index contributed by atoms with van der Waals surface area (Å²) in [5.41, 5.74) is 0.513. The number of nitrogens with zero attached hydrogens (tertiary/aromatic N) is 6. The van der Waals surface area contributed by atoms with Gasteiger partial charge in [-0.1, -0.05) is 18.5 Å². The van der Waals surface area contributed by atoms with Crippen molar-refractivity contribution >= 4 is 39.1 Å². The van der Waals surface area contributed by atoms with E-state index in [2.05, 4.69) is 20.8 Å². The summed E-state index contributed by atoms with van der Waals surface area (Å²) < 4.78 is 35.2. The number of likely N-dealkylation sites (N-methyl/N-ethyl adjacent to an activating group) is 1. The first kappa shape index (κ1) is 29.4. The zero-order chi connectivity index (χ0) is 29.0. The summed E-state index contributed by atoms with van der Waals surface area (Å²) in [4.78, 5) is 27.7. The molecule has 0 radical (unpaired) electrons. The Labute approximate surface area is 236 Å². The fourth-order valence-electron chi connectivity index (χ4n) is 4.26. The van der Waals surface area contributed by atoms with Crippen LogP contribution in [0.5, 0.6) is 5.75 Å². The van der Waals surface area contributed by atoms with Gasteiger partial charge in [-0.3, -0.25) is 9.59 Å². The Bertz CT molecular complexity index is 1450. The highest BCUT2D eigenvalue weighted by Crippen LogP contribution is 2.31. The second-order valence-corrected chi connectivity index (χ2v) is 12.1. The average Bonchev–Trinajstić information content (AvgIpc) is 3.43. The molecule has 0 bridgehead atoms. The third-order valence-corrected chi connectivity index (χ3v) is 8.69. The van der Waals surface area contributed by atoms with Crippen molar-refractivity contribution in [3.63, 3.8) is 0 Å². The maximum Gasteiger partial charge on any atom is 0.258 e. The van der Waals surface area contributed by atoms with Crippen LogP contribution < -0.4 is 10.1 Å². The van der Waals surface area contributed by atoms with Crippen LogP contribution in [0.4, 0.5) is 5.69 Å². The normalized spacial score (nSPS) is 18.4. The number of sulfonamides is 1. The van der Waals surface area contributed by atoms with E-state index in [-0.39, 0.29) is 54.3 Å². The second-order valence-electron chi connectivity index (χ2n) is 9.63. The lowest BCUT2D eigenvalue weighted by Crippen LogP contribution is -2.50. The number of aliphatic hydroxyl groups is 1. The molecule has 3 aromatic rings. The monoisotopic (exact) mass is 591 g/mol. The van der Waals surface area contributed by atoms with Gasteiger partial charge in [0.2, 0.25) is 15.9 Å². The van der Waals surface area contributed by atoms with Crippen molar-refractivity contribution in [1.29, 1.82) is 0 Å². The minimum absolute atomic E-state index is 0.00840. The highest BCUT2D eigenvalue weighted by molar-refractivity contribution is 7.89. The Hall–Kier alpha value is -3.59. The highest BCUT2D eigenvalue weighted by atomic mass is 35.5. The third kappa shape index (κ3) is 6.58. The van der Waals surface area contributed by atoms with Crippen molar-refractivity contribution in [1.82, 2.24) is 29.4 Å². The van der Waals surface area contributed by atoms with Gasteiger partial charge >= 0.3 is 0 Å². The molecule has 0 fully saturated rings. The van der Waals surface area contributed by atoms with Gasteiger partial charge in [-0.05, 0) is 59.8 Å². The Balaban J connectivity index is 1.62. The molecule has 2 N–H and O–H groups in total. The van der Waals surface area contributed by atoms with Crippen LogP contribution in [0.2, 0.25) is 5.02 Å². The third-order valence-electron chi connectivity index (χ3n) is 6.60. The Morgan fingerprint density at radius 3 is 2.65 bits per heavy atom. The largest absolute Gasteiger partial charge is 0.488 e. The molecule has 0 aliphatic carbocycles. The number of hydrogen-bond donors (Lipinski definition) is 2. The molecule has 0 saturated carbocycles. The van der Waals surface area contributed by atoms with Crippen molar-refractivity contribution in [2.75, 3.05) is 32.1 Å². The van der Waals surface area contributed by atoms with Gasteiger partial charge in [0.1, 0.15) is 24.7 Å². The molecule has 1 aliphatic rings. The van der Waals surface area contributed by atoms with Gasteiger partial charge in [0, 0.05) is 30.2 Å². The number of aromatic nitrogens is 4. The van der Waals surface area contributed by atoms with Gasteiger partial charge in [-0.25, -0.2) is 13.1 Å². The van der Waals surface area contributed by atoms with E-state index in [0.29, 0.717) is 10.7 Å². The molecule has 0 saturated heterocycles. The van der Waals surface area contributed by atoms with E-state index in [1.54, 1.807) is 19.1 Å². The number of anilines is 1. The summed E-state index contributed by atoms with van der Waals surface area (Å²) in [6.07, 6.45) is 0.657. The standard InChI is InChI=1S/C25H30ClN7O6S/c1-16-11-33(17(2)14-34)25(36)21-10-19(28-24(35)13-32-15-27-29-30-32)6-9-22(21)39-23(16)12-31(3)40(37,38)20-7-4-18(26)5-8-20/h4-10,15-17,23,34H,11-14H2,1-3H3,(H,28,35)/t16-,17-,23-/m0/s1. The molecule has 0 spiro atoms. The number of carbonyl (C=O) groups is 2. The van der Waals surface area contributed by atoms with E-state index < -0.39 is 28.1 Å². The van der Waals surface area contributed by atoms with E-state index in [0.717, 1.165) is 0 Å². The summed E-state index contributed by atoms with van der Waals surface area (Å²) in [5, 5.41) is 23.6. The van der Waals surface area contributed by atoms with Gasteiger partial charge < -0.3 is 20.1 Å². The summed E-state index contributed by atoms with van der Waals surface area (Å²) in [6.45, 7) is 3.37. The molecule has 2 amide bonds. The molecule has 214 valence electrons. The number of amides is 2. The van der Waals surface area contributed by atoms with Gasteiger partial charge in [-0.2, -0.15) is 4.31 Å². The number of nitrogens with one attached hydrogen (secondary N) is 1. The molecule has 0 unspecified atom stereocenters. The van der Waals surface area contributed by atoms with Crippen LogP contribution in [0.25, 0.3) is 0 Å². The number of tetrazole rings is 1. The van der Waals surface area contributed by atoms with Crippen molar-refractivity contribution in [2.24, 2.45) is 5.92 Å². The summed E-state index contributed by atoms with van der Waals surface area (Å²) in [7, 11) is -2.39. The lowest BCUT2D eigenvalue weighted by atomic mass is 9.99. The van der Waals surface area contributed by atoms with Crippen LogP contribution in [0.1, 0.15) is 24.2 Å². The number of ether oxygens (including phenoxy) is 1. The predicted molar refractivity (Wildman–Crippen MR) is 145 cm³/mol. The lowest BCUT2D eigenvalue weighted by molar-refractivity contribution is -0.116. The quantitative estimate of drug-likeness (QED) is 0.376. The van der Waals surface area contributed by atoms with Crippen molar-refractivity contribution in [3.05, 3.63) is 59.4 Å². The number of hydrogen-bond acceptors (Lipinski definition) is 9. The zero-order valence-corrected chi connectivity index (χ0v) is 23.7. The van der Waals surface area contributed by atoms with E-state index in [4.69, 9.17) is 16.3 Å². The van der Waals surface area contributed by atoms with E-state index >= 15 is 0 Å². The fourth-order valence-corrected chi connectivity index (χ4v) is 5.57. The summed E-state index contributed by atoms with van der Waals surface area (Å²) >= 11 is 5.92. The van der Waals surface area contributed by atoms with Gasteiger partial charge in [0.05, 0.1) is 29.7 Å². The Kier molecular flexibility index (Phi) is 9.03. The van der Waals surface area contributed by atoms with Crippen LogP contribution in [-0.4, -0.2) is 93.6 Å². The van der Waals surface area contributed by atoms with Crippen LogP contribution in [-0.2, 0) is 21.4 Å². The molecule has 1 aliphatic heterocycles. The minimum atomic E-state index is -3.85. The SMILES string of the molecule is C[C@H]1CN([C@@H](C)CO)C(=O)c2cc(NC(=O)Cn3cnnn3)ccc2O[C@H]1CN(C)S(=O)(=O)c1ccc(Cl)cc1. The first-order valence-electron chi connectivity index (χ1n) is 12.4. The molecular weight excluding hydrogens is 562 g/mol. The molecule has 1 aromatic heterocycles. The molecule has 2 aromatic carbocycles.